The Bertz CT molecular complexity index is 576. The van der Waals surface area contributed by atoms with Gasteiger partial charge in [0.05, 0.1) is 31.3 Å². The molecule has 1 aliphatic rings. The number of esters is 1. The predicted octanol–water partition coefficient (Wildman–Crippen LogP) is 1.12. The molecule has 21 heavy (non-hydrogen) atoms. The Balaban J connectivity index is 2.05. The molecule has 2 rings (SSSR count). The van der Waals surface area contributed by atoms with Crippen LogP contribution in [0.1, 0.15) is 13.3 Å². The summed E-state index contributed by atoms with van der Waals surface area (Å²) in [5.41, 5.74) is 0.429. The maximum absolute atomic E-state index is 12.2. The van der Waals surface area contributed by atoms with Crippen LogP contribution in [0.4, 0.5) is 5.69 Å². The minimum atomic E-state index is -0.721. The molecule has 1 N–H and O–H groups in total. The number of amides is 2. The Labute approximate surface area is 127 Å². The summed E-state index contributed by atoms with van der Waals surface area (Å²) in [7, 11) is 0. The van der Waals surface area contributed by atoms with E-state index in [0.29, 0.717) is 10.7 Å². The van der Waals surface area contributed by atoms with Gasteiger partial charge in [0, 0.05) is 5.02 Å². The van der Waals surface area contributed by atoms with Gasteiger partial charge in [-0.1, -0.05) is 17.7 Å². The van der Waals surface area contributed by atoms with Crippen molar-refractivity contribution in [3.05, 3.63) is 29.3 Å². The van der Waals surface area contributed by atoms with Crippen molar-refractivity contribution in [3.8, 4) is 0 Å². The number of nitrogens with one attached hydrogen (secondary N) is 1. The summed E-state index contributed by atoms with van der Waals surface area (Å²) < 4.78 is 4.76. The summed E-state index contributed by atoms with van der Waals surface area (Å²) in [4.78, 5) is 36.6. The van der Waals surface area contributed by atoms with Crippen LogP contribution in [-0.2, 0) is 19.1 Å². The van der Waals surface area contributed by atoms with E-state index in [9.17, 15) is 14.4 Å². The molecule has 0 aliphatic carbocycles. The minimum Gasteiger partial charge on any atom is -0.465 e. The molecular weight excluding hydrogens is 296 g/mol. The van der Waals surface area contributed by atoms with Crippen molar-refractivity contribution in [1.29, 1.82) is 0 Å². The van der Waals surface area contributed by atoms with Gasteiger partial charge in [-0.2, -0.15) is 0 Å². The highest BCUT2D eigenvalue weighted by Crippen LogP contribution is 2.25. The smallest absolute Gasteiger partial charge is 0.319 e. The average Bonchev–Trinajstić information content (AvgIpc) is 2.71. The molecule has 0 aromatic heterocycles. The van der Waals surface area contributed by atoms with Gasteiger partial charge in [-0.05, 0) is 25.1 Å². The molecule has 0 bridgehead atoms. The highest BCUT2D eigenvalue weighted by Gasteiger charge is 2.39. The second-order valence-electron chi connectivity index (χ2n) is 4.49. The van der Waals surface area contributed by atoms with Gasteiger partial charge in [-0.3, -0.25) is 19.7 Å². The van der Waals surface area contributed by atoms with Crippen molar-refractivity contribution in [2.24, 2.45) is 0 Å². The lowest BCUT2D eigenvalue weighted by molar-refractivity contribution is -0.142. The molecule has 1 fully saturated rings. The molecule has 1 saturated heterocycles. The summed E-state index contributed by atoms with van der Waals surface area (Å²) in [5.74, 6) is -1.19. The van der Waals surface area contributed by atoms with Crippen molar-refractivity contribution in [2.75, 3.05) is 18.1 Å². The zero-order valence-corrected chi connectivity index (χ0v) is 12.2. The second kappa shape index (κ2) is 6.69. The lowest BCUT2D eigenvalue weighted by atomic mass is 10.2. The fraction of sp³-hybridized carbons (Fsp3) is 0.357. The van der Waals surface area contributed by atoms with Crippen LogP contribution < -0.4 is 10.2 Å². The van der Waals surface area contributed by atoms with Gasteiger partial charge < -0.3 is 4.74 Å². The minimum absolute atomic E-state index is 0.00471. The van der Waals surface area contributed by atoms with Crippen molar-refractivity contribution in [2.45, 2.75) is 19.4 Å². The van der Waals surface area contributed by atoms with Crippen molar-refractivity contribution in [3.63, 3.8) is 0 Å². The monoisotopic (exact) mass is 310 g/mol. The molecule has 1 aromatic carbocycles. The molecule has 1 aliphatic heterocycles. The van der Waals surface area contributed by atoms with E-state index in [1.54, 1.807) is 31.2 Å². The van der Waals surface area contributed by atoms with Crippen LogP contribution in [0.2, 0.25) is 5.02 Å². The number of imide groups is 1. The number of halogens is 1. The summed E-state index contributed by atoms with van der Waals surface area (Å²) in [6.45, 7) is 1.86. The summed E-state index contributed by atoms with van der Waals surface area (Å²) >= 11 is 5.87. The molecule has 1 atom stereocenters. The molecule has 0 spiro atoms. The topological polar surface area (TPSA) is 75.7 Å². The Kier molecular flexibility index (Phi) is 4.93. The molecule has 7 heteroatoms. The quantitative estimate of drug-likeness (QED) is 0.651. The maximum atomic E-state index is 12.2. The van der Waals surface area contributed by atoms with E-state index in [1.165, 1.54) is 0 Å². The lowest BCUT2D eigenvalue weighted by Crippen LogP contribution is -2.41. The first-order chi connectivity index (χ1) is 10.0. The van der Waals surface area contributed by atoms with Gasteiger partial charge in [-0.25, -0.2) is 4.90 Å². The number of anilines is 1. The van der Waals surface area contributed by atoms with Crippen LogP contribution in [0.25, 0.3) is 0 Å². The molecule has 2 amide bonds. The molecular formula is C14H15ClN2O4. The largest absolute Gasteiger partial charge is 0.465 e. The van der Waals surface area contributed by atoms with Crippen LogP contribution in [0.5, 0.6) is 0 Å². The number of hydrogen-bond acceptors (Lipinski definition) is 5. The van der Waals surface area contributed by atoms with Gasteiger partial charge in [0.15, 0.2) is 0 Å². The fourth-order valence-electron chi connectivity index (χ4n) is 2.10. The molecule has 0 radical (unpaired) electrons. The Morgan fingerprint density at radius 3 is 2.90 bits per heavy atom. The van der Waals surface area contributed by atoms with E-state index in [1.807, 2.05) is 0 Å². The number of carbonyl (C=O) groups is 3. The number of ether oxygens (including phenoxy) is 1. The van der Waals surface area contributed by atoms with E-state index in [2.05, 4.69) is 5.32 Å². The van der Waals surface area contributed by atoms with Crippen molar-refractivity contribution < 1.29 is 19.1 Å². The molecule has 1 heterocycles. The van der Waals surface area contributed by atoms with Crippen LogP contribution in [0.15, 0.2) is 24.3 Å². The van der Waals surface area contributed by atoms with Gasteiger partial charge in [0.1, 0.15) is 0 Å². The third kappa shape index (κ3) is 3.59. The summed E-state index contributed by atoms with van der Waals surface area (Å²) in [6, 6.07) is 5.78. The lowest BCUT2D eigenvalue weighted by Gasteiger charge is -2.15. The first-order valence-electron chi connectivity index (χ1n) is 6.54. The summed E-state index contributed by atoms with van der Waals surface area (Å²) in [5, 5.41) is 3.18. The van der Waals surface area contributed by atoms with Gasteiger partial charge in [0.2, 0.25) is 5.91 Å². The molecule has 6 nitrogen and oxygen atoms in total. The SMILES string of the molecule is CCOC(=O)CN[C@@H]1CC(=O)N(c2cccc(Cl)c2)C1=O. The number of benzene rings is 1. The van der Waals surface area contributed by atoms with E-state index in [-0.39, 0.29) is 25.5 Å². The van der Waals surface area contributed by atoms with E-state index >= 15 is 0 Å². The second-order valence-corrected chi connectivity index (χ2v) is 4.93. The van der Waals surface area contributed by atoms with E-state index in [4.69, 9.17) is 16.3 Å². The number of rotatable bonds is 5. The van der Waals surface area contributed by atoms with Crippen LogP contribution in [0.3, 0.4) is 0 Å². The standard InChI is InChI=1S/C14H15ClN2O4/c1-2-21-13(19)8-16-11-7-12(18)17(14(11)20)10-5-3-4-9(15)6-10/h3-6,11,16H,2,7-8H2,1H3/t11-/m1/s1. The molecule has 1 aromatic rings. The first-order valence-corrected chi connectivity index (χ1v) is 6.92. The Hall–Kier alpha value is -1.92. The number of hydrogen-bond donors (Lipinski definition) is 1. The maximum Gasteiger partial charge on any atom is 0.319 e. The highest BCUT2D eigenvalue weighted by molar-refractivity contribution is 6.31. The average molecular weight is 311 g/mol. The molecule has 112 valence electrons. The Morgan fingerprint density at radius 1 is 1.48 bits per heavy atom. The third-order valence-electron chi connectivity index (χ3n) is 3.01. The van der Waals surface area contributed by atoms with Gasteiger partial charge in [-0.15, -0.1) is 0 Å². The van der Waals surface area contributed by atoms with Crippen LogP contribution in [-0.4, -0.2) is 37.0 Å². The summed E-state index contributed by atoms with van der Waals surface area (Å²) in [6.07, 6.45) is 0.00471. The normalized spacial score (nSPS) is 18.2. The van der Waals surface area contributed by atoms with E-state index in [0.717, 1.165) is 4.90 Å². The van der Waals surface area contributed by atoms with Crippen molar-refractivity contribution >= 4 is 35.1 Å². The first kappa shape index (κ1) is 15.5. The fourth-order valence-corrected chi connectivity index (χ4v) is 2.28. The zero-order chi connectivity index (χ0) is 15.4. The number of nitrogens with zero attached hydrogens (tertiary/aromatic N) is 1. The van der Waals surface area contributed by atoms with Crippen LogP contribution in [0, 0.1) is 0 Å². The highest BCUT2D eigenvalue weighted by atomic mass is 35.5. The van der Waals surface area contributed by atoms with Crippen molar-refractivity contribution in [1.82, 2.24) is 5.32 Å². The molecule has 0 unspecified atom stereocenters. The Morgan fingerprint density at radius 2 is 2.24 bits per heavy atom. The predicted molar refractivity (Wildman–Crippen MR) is 77.0 cm³/mol. The van der Waals surface area contributed by atoms with Gasteiger partial charge in [0.25, 0.3) is 5.91 Å². The number of carbonyl (C=O) groups excluding carboxylic acids is 3. The van der Waals surface area contributed by atoms with Gasteiger partial charge >= 0.3 is 5.97 Å². The van der Waals surface area contributed by atoms with E-state index < -0.39 is 17.9 Å². The zero-order valence-electron chi connectivity index (χ0n) is 11.5. The third-order valence-corrected chi connectivity index (χ3v) is 3.25. The van der Waals surface area contributed by atoms with Crippen LogP contribution >= 0.6 is 11.6 Å². The molecule has 0 saturated carbocycles.